The van der Waals surface area contributed by atoms with Gasteiger partial charge in [0, 0.05) is 6.54 Å². The number of rotatable bonds is 7. The van der Waals surface area contributed by atoms with E-state index in [1.807, 2.05) is 0 Å². The van der Waals surface area contributed by atoms with Crippen LogP contribution in [0.15, 0.2) is 0 Å². The van der Waals surface area contributed by atoms with Crippen molar-refractivity contribution in [1.29, 1.82) is 0 Å². The largest absolute Gasteiger partial charge is 0.480 e. The van der Waals surface area contributed by atoms with Crippen LogP contribution >= 0.6 is 0 Å². The maximum absolute atomic E-state index is 10.3. The lowest BCUT2D eigenvalue weighted by Gasteiger charge is -2.16. The SMILES string of the molecule is CCN(CCOS(=O)(=O)O)CC(=O)O. The zero-order valence-corrected chi connectivity index (χ0v) is 8.53. The molecule has 0 unspecified atom stereocenters. The number of hydrogen-bond donors (Lipinski definition) is 2. The third-order valence-corrected chi connectivity index (χ3v) is 1.91. The van der Waals surface area contributed by atoms with Crippen molar-refractivity contribution >= 4 is 16.4 Å². The number of carboxylic acid groups (broad SMARTS) is 1. The van der Waals surface area contributed by atoms with Crippen LogP contribution in [0.1, 0.15) is 6.92 Å². The van der Waals surface area contributed by atoms with E-state index in [2.05, 4.69) is 4.18 Å². The highest BCUT2D eigenvalue weighted by Crippen LogP contribution is 1.91. The molecule has 0 saturated carbocycles. The van der Waals surface area contributed by atoms with Crippen molar-refractivity contribution in [1.82, 2.24) is 4.90 Å². The molecule has 0 radical (unpaired) electrons. The topological polar surface area (TPSA) is 104 Å². The maximum atomic E-state index is 10.3. The molecule has 84 valence electrons. The van der Waals surface area contributed by atoms with E-state index >= 15 is 0 Å². The number of aliphatic carboxylic acids is 1. The highest BCUT2D eigenvalue weighted by molar-refractivity contribution is 7.80. The van der Waals surface area contributed by atoms with E-state index in [1.165, 1.54) is 4.90 Å². The minimum atomic E-state index is -4.43. The normalized spacial score (nSPS) is 11.9. The third kappa shape index (κ3) is 7.92. The van der Waals surface area contributed by atoms with Gasteiger partial charge < -0.3 is 5.11 Å². The first-order valence-electron chi connectivity index (χ1n) is 3.91. The zero-order valence-electron chi connectivity index (χ0n) is 7.71. The van der Waals surface area contributed by atoms with Gasteiger partial charge in [0.15, 0.2) is 0 Å². The highest BCUT2D eigenvalue weighted by atomic mass is 32.3. The minimum Gasteiger partial charge on any atom is -0.480 e. The second-order valence-corrected chi connectivity index (χ2v) is 3.60. The average Bonchev–Trinajstić information content (AvgIpc) is 1.99. The molecule has 0 aromatic rings. The monoisotopic (exact) mass is 227 g/mol. The van der Waals surface area contributed by atoms with Crippen LogP contribution in [0.3, 0.4) is 0 Å². The summed E-state index contributed by atoms with van der Waals surface area (Å²) in [5.74, 6) is -1.00. The molecule has 8 heteroatoms. The average molecular weight is 227 g/mol. The van der Waals surface area contributed by atoms with Crippen molar-refractivity contribution in [3.8, 4) is 0 Å². The lowest BCUT2D eigenvalue weighted by atomic mass is 10.5. The van der Waals surface area contributed by atoms with Crippen LogP contribution in [-0.2, 0) is 19.4 Å². The maximum Gasteiger partial charge on any atom is 0.397 e. The Kier molecular flexibility index (Phi) is 5.62. The number of likely N-dealkylation sites (N-methyl/N-ethyl adjacent to an activating group) is 1. The molecular formula is C6H13NO6S. The molecule has 0 rings (SSSR count). The standard InChI is InChI=1S/C6H13NO6S/c1-2-7(5-6(8)9)3-4-13-14(10,11)12/h2-5H2,1H3,(H,8,9)(H,10,11,12). The van der Waals surface area contributed by atoms with Crippen LogP contribution in [0.2, 0.25) is 0 Å². The number of carbonyl (C=O) groups is 1. The van der Waals surface area contributed by atoms with E-state index in [-0.39, 0.29) is 19.7 Å². The molecular weight excluding hydrogens is 214 g/mol. The Balaban J connectivity index is 3.79. The van der Waals surface area contributed by atoms with E-state index in [0.29, 0.717) is 6.54 Å². The summed E-state index contributed by atoms with van der Waals surface area (Å²) in [6.07, 6.45) is 0. The zero-order chi connectivity index (χ0) is 11.2. The molecule has 0 fully saturated rings. The van der Waals surface area contributed by atoms with Gasteiger partial charge in [-0.1, -0.05) is 6.92 Å². The van der Waals surface area contributed by atoms with Crippen molar-refractivity contribution in [3.63, 3.8) is 0 Å². The van der Waals surface area contributed by atoms with Crippen LogP contribution in [-0.4, -0.2) is 55.2 Å². The first-order valence-corrected chi connectivity index (χ1v) is 5.27. The molecule has 0 aliphatic rings. The molecule has 0 aliphatic heterocycles. The Labute approximate surface area is 82.2 Å². The lowest BCUT2D eigenvalue weighted by Crippen LogP contribution is -2.33. The summed E-state index contributed by atoms with van der Waals surface area (Å²) in [4.78, 5) is 11.7. The van der Waals surface area contributed by atoms with Gasteiger partial charge in [0.05, 0.1) is 13.2 Å². The van der Waals surface area contributed by atoms with E-state index in [1.54, 1.807) is 6.92 Å². The smallest absolute Gasteiger partial charge is 0.397 e. The molecule has 7 nitrogen and oxygen atoms in total. The summed E-state index contributed by atoms with van der Waals surface area (Å²) in [5, 5.41) is 8.42. The molecule has 0 aromatic carbocycles. The summed E-state index contributed by atoms with van der Waals surface area (Å²) in [7, 11) is -4.43. The summed E-state index contributed by atoms with van der Waals surface area (Å²) >= 11 is 0. The van der Waals surface area contributed by atoms with Crippen molar-refractivity contribution in [2.75, 3.05) is 26.2 Å². The van der Waals surface area contributed by atoms with E-state index in [4.69, 9.17) is 9.66 Å². The molecule has 0 bridgehead atoms. The van der Waals surface area contributed by atoms with Crippen molar-refractivity contribution in [2.24, 2.45) is 0 Å². The van der Waals surface area contributed by atoms with Gasteiger partial charge in [-0.3, -0.25) is 14.2 Å². The number of hydrogen-bond acceptors (Lipinski definition) is 5. The van der Waals surface area contributed by atoms with Crippen molar-refractivity contribution in [3.05, 3.63) is 0 Å². The molecule has 0 amide bonds. The number of carboxylic acids is 1. The minimum absolute atomic E-state index is 0.128. The van der Waals surface area contributed by atoms with Gasteiger partial charge in [-0.2, -0.15) is 8.42 Å². The van der Waals surface area contributed by atoms with Crippen LogP contribution in [0.25, 0.3) is 0 Å². The van der Waals surface area contributed by atoms with Gasteiger partial charge >= 0.3 is 16.4 Å². The summed E-state index contributed by atoms with van der Waals surface area (Å²) in [6.45, 7) is 1.87. The fraction of sp³-hybridized carbons (Fsp3) is 0.833. The Morgan fingerprint density at radius 2 is 2.07 bits per heavy atom. The van der Waals surface area contributed by atoms with Crippen LogP contribution in [0, 0.1) is 0 Å². The van der Waals surface area contributed by atoms with Gasteiger partial charge in [-0.25, -0.2) is 4.18 Å². The predicted molar refractivity (Wildman–Crippen MR) is 47.3 cm³/mol. The first kappa shape index (κ1) is 13.3. The fourth-order valence-electron chi connectivity index (χ4n) is 0.812. The summed E-state index contributed by atoms with van der Waals surface area (Å²) in [5.41, 5.74) is 0. The summed E-state index contributed by atoms with van der Waals surface area (Å²) in [6, 6.07) is 0. The molecule has 0 atom stereocenters. The summed E-state index contributed by atoms with van der Waals surface area (Å²) < 4.78 is 32.5. The van der Waals surface area contributed by atoms with Crippen LogP contribution in [0.5, 0.6) is 0 Å². The van der Waals surface area contributed by atoms with E-state index < -0.39 is 16.4 Å². The Hall–Kier alpha value is -0.700. The van der Waals surface area contributed by atoms with E-state index in [0.717, 1.165) is 0 Å². The van der Waals surface area contributed by atoms with Gasteiger partial charge in [0.2, 0.25) is 0 Å². The highest BCUT2D eigenvalue weighted by Gasteiger charge is 2.09. The number of nitrogens with zero attached hydrogens (tertiary/aromatic N) is 1. The van der Waals surface area contributed by atoms with Crippen LogP contribution in [0.4, 0.5) is 0 Å². The fourth-order valence-corrected chi connectivity index (χ4v) is 1.10. The molecule has 0 spiro atoms. The molecule has 0 aromatic heterocycles. The molecule has 14 heavy (non-hydrogen) atoms. The molecule has 2 N–H and O–H groups in total. The molecule has 0 saturated heterocycles. The molecule has 0 aliphatic carbocycles. The lowest BCUT2D eigenvalue weighted by molar-refractivity contribution is -0.138. The van der Waals surface area contributed by atoms with Crippen molar-refractivity contribution in [2.45, 2.75) is 6.92 Å². The second-order valence-electron chi connectivity index (χ2n) is 2.51. The van der Waals surface area contributed by atoms with Gasteiger partial charge in [0.1, 0.15) is 0 Å². The quantitative estimate of drug-likeness (QED) is 0.549. The van der Waals surface area contributed by atoms with Crippen LogP contribution < -0.4 is 0 Å². The Morgan fingerprint density at radius 1 is 1.50 bits per heavy atom. The van der Waals surface area contributed by atoms with E-state index in [9.17, 15) is 13.2 Å². The van der Waals surface area contributed by atoms with Gasteiger partial charge in [0.25, 0.3) is 0 Å². The van der Waals surface area contributed by atoms with Gasteiger partial charge in [-0.05, 0) is 6.54 Å². The third-order valence-electron chi connectivity index (χ3n) is 1.45. The van der Waals surface area contributed by atoms with Gasteiger partial charge in [-0.15, -0.1) is 0 Å². The molecule has 0 heterocycles. The Bertz CT molecular complexity index is 274. The first-order chi connectivity index (χ1) is 6.35. The predicted octanol–water partition coefficient (Wildman–Crippen LogP) is -0.788. The Morgan fingerprint density at radius 3 is 2.43 bits per heavy atom. The second kappa shape index (κ2) is 5.91. The van der Waals surface area contributed by atoms with Crippen molar-refractivity contribution < 1.29 is 27.1 Å².